The minimum Gasteiger partial charge on any atom is -0.385 e. The van der Waals surface area contributed by atoms with Crippen molar-refractivity contribution in [1.82, 2.24) is 5.32 Å². The Morgan fingerprint density at radius 3 is 2.65 bits per heavy atom. The number of hydrogen-bond acceptors (Lipinski definition) is 2. The van der Waals surface area contributed by atoms with Gasteiger partial charge in [-0.1, -0.05) is 13.0 Å². The van der Waals surface area contributed by atoms with Crippen molar-refractivity contribution in [2.24, 2.45) is 0 Å². The Kier molecular flexibility index (Phi) is 5.85. The van der Waals surface area contributed by atoms with Gasteiger partial charge in [0.1, 0.15) is 0 Å². The van der Waals surface area contributed by atoms with Crippen LogP contribution in [0.15, 0.2) is 24.3 Å². The smallest absolute Gasteiger partial charge is 0.385 e. The number of anilines is 1. The highest BCUT2D eigenvalue weighted by molar-refractivity contribution is 5.76. The van der Waals surface area contributed by atoms with E-state index in [1.807, 2.05) is 13.8 Å². The lowest BCUT2D eigenvalue weighted by Crippen LogP contribution is -2.32. The van der Waals surface area contributed by atoms with E-state index in [0.29, 0.717) is 12.2 Å². The van der Waals surface area contributed by atoms with Crippen LogP contribution >= 0.6 is 0 Å². The maximum atomic E-state index is 12.5. The molecule has 1 unspecified atom stereocenters. The molecule has 1 amide bonds. The topological polar surface area (TPSA) is 41.1 Å². The Labute approximate surface area is 116 Å². The summed E-state index contributed by atoms with van der Waals surface area (Å²) in [5.74, 6) is -0.112. The molecule has 0 aliphatic rings. The predicted octanol–water partition coefficient (Wildman–Crippen LogP) is 3.42. The maximum Gasteiger partial charge on any atom is 0.416 e. The molecule has 0 aliphatic heterocycles. The summed E-state index contributed by atoms with van der Waals surface area (Å²) in [7, 11) is 0. The van der Waals surface area contributed by atoms with Gasteiger partial charge < -0.3 is 10.6 Å². The zero-order valence-corrected chi connectivity index (χ0v) is 11.6. The largest absolute Gasteiger partial charge is 0.416 e. The van der Waals surface area contributed by atoms with Crippen LogP contribution in [0.3, 0.4) is 0 Å². The molecule has 0 saturated carbocycles. The summed E-state index contributed by atoms with van der Waals surface area (Å²) < 4.78 is 37.5. The number of hydrogen-bond donors (Lipinski definition) is 2. The first-order valence-corrected chi connectivity index (χ1v) is 6.53. The molecule has 1 rings (SSSR count). The zero-order chi connectivity index (χ0) is 15.2. The second kappa shape index (κ2) is 7.17. The van der Waals surface area contributed by atoms with Crippen molar-refractivity contribution in [3.63, 3.8) is 0 Å². The summed E-state index contributed by atoms with van der Waals surface area (Å²) in [4.78, 5) is 11.5. The second-order valence-corrected chi connectivity index (χ2v) is 4.63. The van der Waals surface area contributed by atoms with E-state index < -0.39 is 11.7 Å². The molecule has 0 saturated heterocycles. The Balaban J connectivity index is 2.45. The molecule has 1 aromatic rings. The van der Waals surface area contributed by atoms with Gasteiger partial charge in [-0.15, -0.1) is 0 Å². The lowest BCUT2D eigenvalue weighted by molar-refractivity contribution is -0.137. The van der Waals surface area contributed by atoms with Gasteiger partial charge in [-0.2, -0.15) is 13.2 Å². The highest BCUT2D eigenvalue weighted by atomic mass is 19.4. The van der Waals surface area contributed by atoms with Gasteiger partial charge >= 0.3 is 6.18 Å². The molecule has 112 valence electrons. The summed E-state index contributed by atoms with van der Waals surface area (Å²) in [6.45, 7) is 4.16. The molecule has 0 bridgehead atoms. The Morgan fingerprint density at radius 1 is 1.35 bits per heavy atom. The number of amides is 1. The van der Waals surface area contributed by atoms with E-state index in [4.69, 9.17) is 0 Å². The predicted molar refractivity (Wildman–Crippen MR) is 72.4 cm³/mol. The summed E-state index contributed by atoms with van der Waals surface area (Å²) in [5, 5.41) is 5.61. The summed E-state index contributed by atoms with van der Waals surface area (Å²) in [5.41, 5.74) is -0.345. The Bertz CT molecular complexity index is 446. The van der Waals surface area contributed by atoms with Crippen molar-refractivity contribution < 1.29 is 18.0 Å². The Morgan fingerprint density at radius 2 is 2.05 bits per heavy atom. The molecule has 20 heavy (non-hydrogen) atoms. The van der Waals surface area contributed by atoms with Crippen LogP contribution in [0.4, 0.5) is 18.9 Å². The van der Waals surface area contributed by atoms with Gasteiger partial charge in [0.05, 0.1) is 5.56 Å². The van der Waals surface area contributed by atoms with E-state index in [9.17, 15) is 18.0 Å². The number of halogens is 3. The highest BCUT2D eigenvalue weighted by Gasteiger charge is 2.30. The second-order valence-electron chi connectivity index (χ2n) is 4.63. The normalized spacial score (nSPS) is 12.8. The van der Waals surface area contributed by atoms with Crippen molar-refractivity contribution in [3.05, 3.63) is 29.8 Å². The molecule has 3 nitrogen and oxygen atoms in total. The maximum absolute atomic E-state index is 12.5. The fourth-order valence-electron chi connectivity index (χ4n) is 1.57. The van der Waals surface area contributed by atoms with Crippen molar-refractivity contribution in [2.45, 2.75) is 38.9 Å². The summed E-state index contributed by atoms with van der Waals surface area (Å²) in [6, 6.07) is 5.04. The van der Waals surface area contributed by atoms with Gasteiger partial charge in [0.15, 0.2) is 0 Å². The van der Waals surface area contributed by atoms with Gasteiger partial charge in [-0.05, 0) is 31.5 Å². The van der Waals surface area contributed by atoms with Crippen LogP contribution in [0.25, 0.3) is 0 Å². The Hall–Kier alpha value is -1.72. The third-order valence-corrected chi connectivity index (χ3v) is 2.89. The molecule has 0 heterocycles. The SMILES string of the molecule is CCC(C)NC(=O)CCNc1cccc(C(F)(F)F)c1. The van der Waals surface area contributed by atoms with Crippen molar-refractivity contribution >= 4 is 11.6 Å². The third kappa shape index (κ3) is 5.50. The molecule has 2 N–H and O–H groups in total. The van der Waals surface area contributed by atoms with Gasteiger partial charge in [0, 0.05) is 24.7 Å². The minimum atomic E-state index is -4.36. The average molecular weight is 288 g/mol. The molecule has 1 atom stereocenters. The third-order valence-electron chi connectivity index (χ3n) is 2.89. The molecule has 0 radical (unpaired) electrons. The molecule has 0 aromatic heterocycles. The first-order chi connectivity index (χ1) is 9.32. The van der Waals surface area contributed by atoms with Crippen LogP contribution in [-0.4, -0.2) is 18.5 Å². The first kappa shape index (κ1) is 16.3. The van der Waals surface area contributed by atoms with E-state index in [1.54, 1.807) is 6.07 Å². The van der Waals surface area contributed by atoms with E-state index in [1.165, 1.54) is 6.07 Å². The fourth-order valence-corrected chi connectivity index (χ4v) is 1.57. The number of rotatable bonds is 6. The van der Waals surface area contributed by atoms with E-state index in [2.05, 4.69) is 10.6 Å². The van der Waals surface area contributed by atoms with Crippen molar-refractivity contribution in [3.8, 4) is 0 Å². The lowest BCUT2D eigenvalue weighted by Gasteiger charge is -2.13. The molecule has 1 aromatic carbocycles. The average Bonchev–Trinajstić information content (AvgIpc) is 2.38. The number of nitrogens with one attached hydrogen (secondary N) is 2. The van der Waals surface area contributed by atoms with Crippen LogP contribution < -0.4 is 10.6 Å². The highest BCUT2D eigenvalue weighted by Crippen LogP contribution is 2.30. The van der Waals surface area contributed by atoms with Crippen molar-refractivity contribution in [1.29, 1.82) is 0 Å². The summed E-state index contributed by atoms with van der Waals surface area (Å²) in [6.07, 6.45) is -3.29. The summed E-state index contributed by atoms with van der Waals surface area (Å²) >= 11 is 0. The molecular formula is C14H19F3N2O. The van der Waals surface area contributed by atoms with Gasteiger partial charge in [0.2, 0.25) is 5.91 Å². The molecular weight excluding hydrogens is 269 g/mol. The van der Waals surface area contributed by atoms with Crippen LogP contribution in [0, 0.1) is 0 Å². The molecule has 0 aliphatic carbocycles. The van der Waals surface area contributed by atoms with E-state index in [0.717, 1.165) is 18.6 Å². The standard InChI is InChI=1S/C14H19F3N2O/c1-3-10(2)19-13(20)7-8-18-12-6-4-5-11(9-12)14(15,16)17/h4-6,9-10,18H,3,7-8H2,1-2H3,(H,19,20). The molecule has 0 fully saturated rings. The number of carbonyl (C=O) groups excluding carboxylic acids is 1. The van der Waals surface area contributed by atoms with Crippen LogP contribution in [0.5, 0.6) is 0 Å². The van der Waals surface area contributed by atoms with Crippen LogP contribution in [0.1, 0.15) is 32.3 Å². The van der Waals surface area contributed by atoms with Gasteiger partial charge in [-0.25, -0.2) is 0 Å². The van der Waals surface area contributed by atoms with Gasteiger partial charge in [0.25, 0.3) is 0 Å². The lowest BCUT2D eigenvalue weighted by atomic mass is 10.2. The van der Waals surface area contributed by atoms with Crippen LogP contribution in [-0.2, 0) is 11.0 Å². The van der Waals surface area contributed by atoms with Crippen molar-refractivity contribution in [2.75, 3.05) is 11.9 Å². The molecule has 0 spiro atoms. The monoisotopic (exact) mass is 288 g/mol. The van der Waals surface area contributed by atoms with Crippen LogP contribution in [0.2, 0.25) is 0 Å². The zero-order valence-electron chi connectivity index (χ0n) is 11.6. The number of carbonyl (C=O) groups is 1. The minimum absolute atomic E-state index is 0.107. The van der Waals surface area contributed by atoms with E-state index in [-0.39, 0.29) is 18.4 Å². The quantitative estimate of drug-likeness (QED) is 0.842. The first-order valence-electron chi connectivity index (χ1n) is 6.53. The van der Waals surface area contributed by atoms with Gasteiger partial charge in [-0.3, -0.25) is 4.79 Å². The van der Waals surface area contributed by atoms with E-state index >= 15 is 0 Å². The fraction of sp³-hybridized carbons (Fsp3) is 0.500. The number of benzene rings is 1. The number of alkyl halides is 3. The molecule has 6 heteroatoms.